The van der Waals surface area contributed by atoms with Gasteiger partial charge in [-0.25, -0.2) is 0 Å². The number of anilines is 3. The molecular weight excluding hydrogens is 677 g/mol. The summed E-state index contributed by atoms with van der Waals surface area (Å²) in [6, 6.07) is 63.6. The molecule has 270 valence electrons. The number of fused-ring (bicyclic) bond motifs is 6. The van der Waals surface area contributed by atoms with Crippen LogP contribution >= 0.6 is 0 Å². The van der Waals surface area contributed by atoms with Crippen molar-refractivity contribution in [1.29, 1.82) is 0 Å². The summed E-state index contributed by atoms with van der Waals surface area (Å²) in [5.74, 6) is 0.647. The lowest BCUT2D eigenvalue weighted by Crippen LogP contribution is -2.30. The van der Waals surface area contributed by atoms with Crippen LogP contribution in [0, 0.1) is 6.92 Å². The van der Waals surface area contributed by atoms with Crippen molar-refractivity contribution < 1.29 is 0 Å². The molecule has 0 atom stereocenters. The van der Waals surface area contributed by atoms with Gasteiger partial charge in [-0.1, -0.05) is 136 Å². The molecule has 0 saturated heterocycles. The van der Waals surface area contributed by atoms with E-state index in [-0.39, 0.29) is 5.41 Å². The summed E-state index contributed by atoms with van der Waals surface area (Å²) in [6.07, 6.45) is 3.89. The van der Waals surface area contributed by atoms with E-state index in [0.717, 1.165) is 0 Å². The summed E-state index contributed by atoms with van der Waals surface area (Å²) in [6.45, 7) is 7.01. The van der Waals surface area contributed by atoms with Gasteiger partial charge in [0.2, 0.25) is 0 Å². The lowest BCUT2D eigenvalue weighted by molar-refractivity contribution is 0.420. The Balaban J connectivity index is 1.07. The molecule has 0 N–H and O–H groups in total. The summed E-state index contributed by atoms with van der Waals surface area (Å²) in [7, 11) is 0. The van der Waals surface area contributed by atoms with E-state index >= 15 is 0 Å². The first kappa shape index (κ1) is 33.0. The van der Waals surface area contributed by atoms with Crippen LogP contribution in [0.2, 0.25) is 0 Å². The third-order valence-corrected chi connectivity index (χ3v) is 13.0. The fourth-order valence-electron chi connectivity index (χ4n) is 9.84. The first-order valence-corrected chi connectivity index (χ1v) is 20.2. The molecule has 0 bridgehead atoms. The fourth-order valence-corrected chi connectivity index (χ4v) is 9.84. The lowest BCUT2D eigenvalue weighted by atomic mass is 9.73. The van der Waals surface area contributed by atoms with Crippen LogP contribution in [-0.4, -0.2) is 4.57 Å². The molecule has 0 amide bonds. The van der Waals surface area contributed by atoms with E-state index in [1.54, 1.807) is 0 Å². The molecule has 0 radical (unpaired) electrons. The van der Waals surface area contributed by atoms with Gasteiger partial charge in [-0.15, -0.1) is 0 Å². The minimum atomic E-state index is -0.191. The average molecular weight is 721 g/mol. The molecule has 1 aromatic heterocycles. The third kappa shape index (κ3) is 4.95. The molecular formula is C54H44N2. The van der Waals surface area contributed by atoms with Gasteiger partial charge in [-0.05, 0) is 130 Å². The zero-order valence-corrected chi connectivity index (χ0v) is 32.3. The van der Waals surface area contributed by atoms with Crippen LogP contribution in [0.1, 0.15) is 61.3 Å². The minimum absolute atomic E-state index is 0.191. The van der Waals surface area contributed by atoms with Crippen LogP contribution in [0.15, 0.2) is 170 Å². The van der Waals surface area contributed by atoms with Gasteiger partial charge in [-0.2, -0.15) is 0 Å². The first-order valence-electron chi connectivity index (χ1n) is 20.2. The van der Waals surface area contributed by atoms with Gasteiger partial charge >= 0.3 is 0 Å². The largest absolute Gasteiger partial charge is 0.309 e. The first-order chi connectivity index (χ1) is 27.5. The van der Waals surface area contributed by atoms with Crippen molar-refractivity contribution in [3.8, 4) is 27.9 Å². The normalized spacial score (nSPS) is 14.9. The molecule has 2 aliphatic rings. The van der Waals surface area contributed by atoms with Gasteiger partial charge in [0.25, 0.3) is 0 Å². The highest BCUT2D eigenvalue weighted by Crippen LogP contribution is 2.54. The van der Waals surface area contributed by atoms with Crippen molar-refractivity contribution in [2.75, 3.05) is 4.90 Å². The number of benzene rings is 8. The van der Waals surface area contributed by atoms with Crippen LogP contribution in [0.5, 0.6) is 0 Å². The maximum atomic E-state index is 2.49. The monoisotopic (exact) mass is 720 g/mol. The molecule has 8 aromatic carbocycles. The van der Waals surface area contributed by atoms with Gasteiger partial charge in [0.1, 0.15) is 0 Å². The minimum Gasteiger partial charge on any atom is -0.309 e. The van der Waals surface area contributed by atoms with Gasteiger partial charge in [-0.3, -0.25) is 0 Å². The molecule has 1 aliphatic carbocycles. The molecule has 2 heteroatoms. The summed E-state index contributed by atoms with van der Waals surface area (Å²) in [5, 5.41) is 5.06. The third-order valence-electron chi connectivity index (χ3n) is 13.0. The molecule has 56 heavy (non-hydrogen) atoms. The molecule has 2 heterocycles. The number of nitrogens with zero attached hydrogens (tertiary/aromatic N) is 2. The number of para-hydroxylation sites is 2. The molecule has 2 nitrogen and oxygen atoms in total. The summed E-state index contributed by atoms with van der Waals surface area (Å²) < 4.78 is 2.48. The van der Waals surface area contributed by atoms with Crippen molar-refractivity contribution in [2.24, 2.45) is 0 Å². The molecule has 1 fully saturated rings. The summed E-state index contributed by atoms with van der Waals surface area (Å²) in [5.41, 5.74) is 17.9. The van der Waals surface area contributed by atoms with Crippen LogP contribution in [0.3, 0.4) is 0 Å². The summed E-state index contributed by atoms with van der Waals surface area (Å²) >= 11 is 0. The fraction of sp³-hybridized carbons (Fsp3) is 0.148. The van der Waals surface area contributed by atoms with Gasteiger partial charge in [0, 0.05) is 27.3 Å². The van der Waals surface area contributed by atoms with Crippen molar-refractivity contribution in [3.63, 3.8) is 0 Å². The Morgan fingerprint density at radius 2 is 1.18 bits per heavy atom. The van der Waals surface area contributed by atoms with Crippen LogP contribution in [-0.2, 0) is 5.41 Å². The Morgan fingerprint density at radius 3 is 2.04 bits per heavy atom. The van der Waals surface area contributed by atoms with Crippen molar-refractivity contribution in [1.82, 2.24) is 4.57 Å². The van der Waals surface area contributed by atoms with E-state index in [9.17, 15) is 0 Å². The second-order valence-corrected chi connectivity index (χ2v) is 16.5. The van der Waals surface area contributed by atoms with E-state index in [0.29, 0.717) is 5.92 Å². The topological polar surface area (TPSA) is 8.17 Å². The highest BCUT2D eigenvalue weighted by molar-refractivity contribution is 6.11. The maximum Gasteiger partial charge on any atom is 0.0541 e. The molecule has 1 aliphatic heterocycles. The molecule has 11 rings (SSSR count). The molecule has 0 unspecified atom stereocenters. The van der Waals surface area contributed by atoms with Crippen LogP contribution in [0.25, 0.3) is 60.5 Å². The Labute approximate surface area is 329 Å². The standard InChI is InChI=1S/C54H44N2/c1-35-14-4-6-19-41(35)45-34-40(28-29-42(45)36-16-12-17-36)55-50-23-10-8-21-44(50)46-32-38(26-30-51(46)55)39-27-31-53-48(33-39)54(2,3)47-22-9-11-24-52(47)56(53)49-25-13-18-37-15-5-7-20-43(37)49/h4-11,13-15,18-34,36H,12,16-17H2,1-3H3. The summed E-state index contributed by atoms with van der Waals surface area (Å²) in [4.78, 5) is 2.49. The second-order valence-electron chi connectivity index (χ2n) is 16.5. The predicted octanol–water partition coefficient (Wildman–Crippen LogP) is 15.0. The van der Waals surface area contributed by atoms with E-state index in [1.807, 2.05) is 0 Å². The van der Waals surface area contributed by atoms with Crippen molar-refractivity contribution in [2.45, 2.75) is 51.4 Å². The maximum absolute atomic E-state index is 2.49. The molecule has 1 saturated carbocycles. The highest BCUT2D eigenvalue weighted by Gasteiger charge is 2.37. The van der Waals surface area contributed by atoms with Gasteiger partial charge in [0.05, 0.1) is 28.1 Å². The highest BCUT2D eigenvalue weighted by atomic mass is 15.2. The lowest BCUT2D eigenvalue weighted by Gasteiger charge is -2.42. The van der Waals surface area contributed by atoms with Crippen molar-refractivity contribution in [3.05, 3.63) is 192 Å². The Hall–Kier alpha value is -6.38. The van der Waals surface area contributed by atoms with Crippen LogP contribution < -0.4 is 4.90 Å². The van der Waals surface area contributed by atoms with E-state index in [2.05, 4.69) is 200 Å². The second kappa shape index (κ2) is 12.6. The number of hydrogen-bond acceptors (Lipinski definition) is 1. The smallest absolute Gasteiger partial charge is 0.0541 e. The Kier molecular flexibility index (Phi) is 7.41. The number of aromatic nitrogens is 1. The van der Waals surface area contributed by atoms with E-state index < -0.39 is 0 Å². The number of rotatable bonds is 5. The van der Waals surface area contributed by atoms with Crippen molar-refractivity contribution >= 4 is 49.6 Å². The quantitative estimate of drug-likeness (QED) is 0.172. The number of aryl methyl sites for hydroxylation is 1. The van der Waals surface area contributed by atoms with Crippen LogP contribution in [0.4, 0.5) is 17.1 Å². The Morgan fingerprint density at radius 1 is 0.500 bits per heavy atom. The molecule has 0 spiro atoms. The van der Waals surface area contributed by atoms with E-state index in [4.69, 9.17) is 0 Å². The Bertz CT molecular complexity index is 3010. The van der Waals surface area contributed by atoms with E-state index in [1.165, 1.54) is 119 Å². The van der Waals surface area contributed by atoms with Gasteiger partial charge < -0.3 is 9.47 Å². The molecule has 9 aromatic rings. The predicted molar refractivity (Wildman–Crippen MR) is 237 cm³/mol. The zero-order chi connectivity index (χ0) is 37.5. The van der Waals surface area contributed by atoms with Gasteiger partial charge in [0.15, 0.2) is 0 Å². The SMILES string of the molecule is Cc1ccccc1-c1cc(-n2c3ccccc3c3cc(-c4ccc5c(c4)C(C)(C)c4ccccc4N5c4cccc5ccccc45)ccc32)ccc1C1CCC1. The average Bonchev–Trinajstić information content (AvgIpc) is 3.54. The number of hydrogen-bond donors (Lipinski definition) is 0. The zero-order valence-electron chi connectivity index (χ0n) is 32.3.